The van der Waals surface area contributed by atoms with Crippen LogP contribution in [0.25, 0.3) is 0 Å². The molecular formula is C15H19N3O. The van der Waals surface area contributed by atoms with Crippen LogP contribution in [0.15, 0.2) is 42.5 Å². The Balaban J connectivity index is 1.92. The van der Waals surface area contributed by atoms with Gasteiger partial charge in [-0.15, -0.1) is 0 Å². The quantitative estimate of drug-likeness (QED) is 0.835. The Morgan fingerprint density at radius 1 is 1.05 bits per heavy atom. The molecule has 1 heterocycles. The van der Waals surface area contributed by atoms with Gasteiger partial charge in [0.05, 0.1) is 7.11 Å². The van der Waals surface area contributed by atoms with Crippen LogP contribution in [-0.2, 0) is 6.42 Å². The lowest BCUT2D eigenvalue weighted by Crippen LogP contribution is -2.07. The van der Waals surface area contributed by atoms with Crippen LogP contribution in [0.5, 0.6) is 5.75 Å². The van der Waals surface area contributed by atoms with Crippen LogP contribution in [0.1, 0.15) is 5.56 Å². The van der Waals surface area contributed by atoms with Crippen molar-refractivity contribution in [2.45, 2.75) is 6.42 Å². The Morgan fingerprint density at radius 2 is 1.84 bits per heavy atom. The number of ether oxygens (including phenoxy) is 1. The summed E-state index contributed by atoms with van der Waals surface area (Å²) < 4.78 is 5.33. The van der Waals surface area contributed by atoms with E-state index in [9.17, 15) is 0 Å². The first kappa shape index (κ1) is 13.2. The van der Waals surface area contributed by atoms with E-state index in [1.807, 2.05) is 43.4 Å². The minimum atomic E-state index is 0.820. The number of aromatic nitrogens is 1. The van der Waals surface area contributed by atoms with Crippen molar-refractivity contribution in [2.75, 3.05) is 31.3 Å². The molecule has 0 atom stereocenters. The molecule has 0 unspecified atom stereocenters. The second kappa shape index (κ2) is 6.64. The molecule has 100 valence electrons. The van der Waals surface area contributed by atoms with Crippen molar-refractivity contribution in [2.24, 2.45) is 0 Å². The highest BCUT2D eigenvalue weighted by Gasteiger charge is 2.01. The van der Waals surface area contributed by atoms with Crippen LogP contribution in [0.3, 0.4) is 0 Å². The molecule has 0 radical (unpaired) electrons. The van der Waals surface area contributed by atoms with Gasteiger partial charge in [-0.1, -0.05) is 24.3 Å². The van der Waals surface area contributed by atoms with E-state index in [0.717, 1.165) is 30.4 Å². The van der Waals surface area contributed by atoms with Gasteiger partial charge in [-0.05, 0) is 30.2 Å². The molecule has 2 aromatic rings. The highest BCUT2D eigenvalue weighted by Crippen LogP contribution is 2.17. The second-order valence-corrected chi connectivity index (χ2v) is 4.15. The molecule has 2 rings (SSSR count). The Morgan fingerprint density at radius 3 is 2.63 bits per heavy atom. The first-order valence-corrected chi connectivity index (χ1v) is 6.34. The molecule has 4 heteroatoms. The van der Waals surface area contributed by atoms with Gasteiger partial charge in [0.15, 0.2) is 0 Å². The fourth-order valence-electron chi connectivity index (χ4n) is 1.91. The molecule has 0 bridgehead atoms. The monoisotopic (exact) mass is 257 g/mol. The average Bonchev–Trinajstić information content (AvgIpc) is 2.48. The standard InChI is InChI=1S/C15H19N3O/c1-16-14-8-5-9-15(18-14)17-11-10-12-6-3-4-7-13(12)19-2/h3-9H,10-11H2,1-2H3,(H2,16,17,18). The maximum absolute atomic E-state index is 5.33. The zero-order valence-electron chi connectivity index (χ0n) is 11.3. The molecule has 1 aromatic heterocycles. The van der Waals surface area contributed by atoms with Crippen LogP contribution in [0.2, 0.25) is 0 Å². The minimum Gasteiger partial charge on any atom is -0.496 e. The van der Waals surface area contributed by atoms with Gasteiger partial charge >= 0.3 is 0 Å². The number of benzene rings is 1. The largest absolute Gasteiger partial charge is 0.496 e. The summed E-state index contributed by atoms with van der Waals surface area (Å²) in [6.07, 6.45) is 0.898. The third-order valence-electron chi connectivity index (χ3n) is 2.90. The van der Waals surface area contributed by atoms with E-state index in [1.165, 1.54) is 5.56 Å². The van der Waals surface area contributed by atoms with Gasteiger partial charge in [0.25, 0.3) is 0 Å². The van der Waals surface area contributed by atoms with Crippen molar-refractivity contribution in [3.63, 3.8) is 0 Å². The molecule has 0 fully saturated rings. The van der Waals surface area contributed by atoms with Gasteiger partial charge in [-0.3, -0.25) is 0 Å². The van der Waals surface area contributed by atoms with E-state index >= 15 is 0 Å². The zero-order valence-corrected chi connectivity index (χ0v) is 11.3. The average molecular weight is 257 g/mol. The van der Waals surface area contributed by atoms with E-state index in [4.69, 9.17) is 4.74 Å². The summed E-state index contributed by atoms with van der Waals surface area (Å²) in [5.74, 6) is 2.67. The Kier molecular flexibility index (Phi) is 4.61. The third-order valence-corrected chi connectivity index (χ3v) is 2.90. The predicted molar refractivity (Wildman–Crippen MR) is 79.0 cm³/mol. The topological polar surface area (TPSA) is 46.2 Å². The smallest absolute Gasteiger partial charge is 0.128 e. The lowest BCUT2D eigenvalue weighted by molar-refractivity contribution is 0.410. The number of hydrogen-bond donors (Lipinski definition) is 2. The molecular weight excluding hydrogens is 238 g/mol. The summed E-state index contributed by atoms with van der Waals surface area (Å²) >= 11 is 0. The molecule has 0 amide bonds. The lowest BCUT2D eigenvalue weighted by atomic mass is 10.1. The number of nitrogens with zero attached hydrogens (tertiary/aromatic N) is 1. The number of nitrogens with one attached hydrogen (secondary N) is 2. The normalized spacial score (nSPS) is 10.0. The van der Waals surface area contributed by atoms with Gasteiger partial charge < -0.3 is 15.4 Å². The molecule has 2 N–H and O–H groups in total. The predicted octanol–water partition coefficient (Wildman–Crippen LogP) is 2.79. The van der Waals surface area contributed by atoms with Crippen molar-refractivity contribution in [3.8, 4) is 5.75 Å². The number of rotatable bonds is 6. The summed E-state index contributed by atoms with van der Waals surface area (Å²) in [5.41, 5.74) is 1.20. The number of anilines is 2. The van der Waals surface area contributed by atoms with E-state index in [1.54, 1.807) is 7.11 Å². The Hall–Kier alpha value is -2.23. The first-order valence-electron chi connectivity index (χ1n) is 6.34. The molecule has 1 aromatic carbocycles. The van der Waals surface area contributed by atoms with E-state index in [2.05, 4.69) is 21.7 Å². The fourth-order valence-corrected chi connectivity index (χ4v) is 1.91. The molecule has 0 saturated heterocycles. The van der Waals surface area contributed by atoms with Crippen molar-refractivity contribution in [1.29, 1.82) is 0 Å². The van der Waals surface area contributed by atoms with Gasteiger partial charge in [0, 0.05) is 13.6 Å². The maximum Gasteiger partial charge on any atom is 0.128 e. The van der Waals surface area contributed by atoms with Crippen LogP contribution in [-0.4, -0.2) is 25.7 Å². The Bertz CT molecular complexity index is 528. The number of hydrogen-bond acceptors (Lipinski definition) is 4. The summed E-state index contributed by atoms with van der Waals surface area (Å²) in [7, 11) is 3.56. The molecule has 0 aliphatic carbocycles. The van der Waals surface area contributed by atoms with E-state index < -0.39 is 0 Å². The van der Waals surface area contributed by atoms with Crippen molar-refractivity contribution in [3.05, 3.63) is 48.0 Å². The minimum absolute atomic E-state index is 0.820. The number of pyridine rings is 1. The number of methoxy groups -OCH3 is 1. The molecule has 0 saturated carbocycles. The van der Waals surface area contributed by atoms with Crippen LogP contribution in [0, 0.1) is 0 Å². The number of para-hydroxylation sites is 1. The summed E-state index contributed by atoms with van der Waals surface area (Å²) in [6, 6.07) is 13.9. The summed E-state index contributed by atoms with van der Waals surface area (Å²) in [5, 5.41) is 6.34. The van der Waals surface area contributed by atoms with Gasteiger partial charge in [0.1, 0.15) is 17.4 Å². The Labute approximate surface area is 113 Å². The molecule has 19 heavy (non-hydrogen) atoms. The lowest BCUT2D eigenvalue weighted by Gasteiger charge is -2.10. The van der Waals surface area contributed by atoms with Crippen LogP contribution < -0.4 is 15.4 Å². The van der Waals surface area contributed by atoms with Crippen LogP contribution in [0.4, 0.5) is 11.6 Å². The molecule has 4 nitrogen and oxygen atoms in total. The summed E-state index contributed by atoms with van der Waals surface area (Å²) in [4.78, 5) is 4.41. The summed E-state index contributed by atoms with van der Waals surface area (Å²) in [6.45, 7) is 0.820. The zero-order chi connectivity index (χ0) is 13.5. The fraction of sp³-hybridized carbons (Fsp3) is 0.267. The molecule has 0 aliphatic heterocycles. The van der Waals surface area contributed by atoms with E-state index in [-0.39, 0.29) is 0 Å². The van der Waals surface area contributed by atoms with Gasteiger partial charge in [-0.25, -0.2) is 4.98 Å². The molecule has 0 spiro atoms. The van der Waals surface area contributed by atoms with E-state index in [0.29, 0.717) is 0 Å². The van der Waals surface area contributed by atoms with Crippen molar-refractivity contribution >= 4 is 11.6 Å². The molecule has 0 aliphatic rings. The maximum atomic E-state index is 5.33. The van der Waals surface area contributed by atoms with Gasteiger partial charge in [0.2, 0.25) is 0 Å². The van der Waals surface area contributed by atoms with Crippen molar-refractivity contribution < 1.29 is 4.74 Å². The third kappa shape index (κ3) is 3.61. The first-order chi connectivity index (χ1) is 9.33. The second-order valence-electron chi connectivity index (χ2n) is 4.15. The highest BCUT2D eigenvalue weighted by molar-refractivity contribution is 5.45. The van der Waals surface area contributed by atoms with Crippen molar-refractivity contribution in [1.82, 2.24) is 4.98 Å². The SMILES string of the molecule is CNc1cccc(NCCc2ccccc2OC)n1. The van der Waals surface area contributed by atoms with Gasteiger partial charge in [-0.2, -0.15) is 0 Å². The van der Waals surface area contributed by atoms with Crippen LogP contribution >= 0.6 is 0 Å². The highest BCUT2D eigenvalue weighted by atomic mass is 16.5.